The number of carbonyl (C=O) groups excluding carboxylic acids is 1. The number of hydrogen-bond acceptors (Lipinski definition) is 3. The van der Waals surface area contributed by atoms with E-state index in [2.05, 4.69) is 17.4 Å². The van der Waals surface area contributed by atoms with E-state index in [1.807, 2.05) is 30.9 Å². The Balaban J connectivity index is 1.75. The van der Waals surface area contributed by atoms with Crippen molar-refractivity contribution in [3.05, 3.63) is 29.8 Å². The van der Waals surface area contributed by atoms with Gasteiger partial charge in [0, 0.05) is 19.1 Å². The fourth-order valence-corrected chi connectivity index (χ4v) is 2.87. The smallest absolute Gasteiger partial charge is 0.236 e. The molecule has 0 unspecified atom stereocenters. The molecule has 1 amide bonds. The van der Waals surface area contributed by atoms with Crippen LogP contribution in [0.5, 0.6) is 5.75 Å². The quantitative estimate of drug-likeness (QED) is 0.838. The maximum absolute atomic E-state index is 11.9. The third-order valence-corrected chi connectivity index (χ3v) is 4.36. The molecule has 0 atom stereocenters. The summed E-state index contributed by atoms with van der Waals surface area (Å²) >= 11 is 0. The van der Waals surface area contributed by atoms with Crippen LogP contribution in [0.1, 0.15) is 38.2 Å². The summed E-state index contributed by atoms with van der Waals surface area (Å²) in [5.74, 6) is 1.70. The Labute approximate surface area is 127 Å². The van der Waals surface area contributed by atoms with Gasteiger partial charge in [-0.1, -0.05) is 12.1 Å². The minimum atomic E-state index is 0.199. The molecule has 21 heavy (non-hydrogen) atoms. The summed E-state index contributed by atoms with van der Waals surface area (Å²) in [4.78, 5) is 13.8. The largest absolute Gasteiger partial charge is 0.497 e. The first-order valence-corrected chi connectivity index (χ1v) is 7.83. The second kappa shape index (κ2) is 7.46. The minimum Gasteiger partial charge on any atom is -0.497 e. The van der Waals surface area contributed by atoms with Gasteiger partial charge in [0.05, 0.1) is 13.7 Å². The Hall–Kier alpha value is -1.55. The monoisotopic (exact) mass is 290 g/mol. The summed E-state index contributed by atoms with van der Waals surface area (Å²) in [6.07, 6.45) is 2.19. The molecule has 0 aliphatic heterocycles. The molecule has 0 spiro atoms. The zero-order chi connectivity index (χ0) is 15.2. The molecule has 1 aromatic carbocycles. The second-order valence-corrected chi connectivity index (χ2v) is 5.59. The Kier molecular flexibility index (Phi) is 5.62. The van der Waals surface area contributed by atoms with Crippen molar-refractivity contribution in [2.75, 3.05) is 26.7 Å². The standard InChI is InChI=1S/C17H26N2O2/c1-4-19(5-2)17(20)12-18-15-9-14(10-15)13-7-6-8-16(11-13)21-3/h6-8,11,14-15,18H,4-5,9-10,12H2,1-3H3. The van der Waals surface area contributed by atoms with E-state index in [1.165, 1.54) is 5.56 Å². The average Bonchev–Trinajstić information content (AvgIpc) is 2.47. The van der Waals surface area contributed by atoms with Gasteiger partial charge in [0.15, 0.2) is 0 Å². The summed E-state index contributed by atoms with van der Waals surface area (Å²) in [5.41, 5.74) is 1.34. The SMILES string of the molecule is CCN(CC)C(=O)CNC1CC(c2cccc(OC)c2)C1. The molecule has 1 aromatic rings. The van der Waals surface area contributed by atoms with Gasteiger partial charge in [-0.2, -0.15) is 0 Å². The lowest BCUT2D eigenvalue weighted by molar-refractivity contribution is -0.130. The summed E-state index contributed by atoms with van der Waals surface area (Å²) < 4.78 is 5.26. The Bertz CT molecular complexity index is 466. The summed E-state index contributed by atoms with van der Waals surface area (Å²) in [6, 6.07) is 8.74. The van der Waals surface area contributed by atoms with Crippen LogP contribution in [0, 0.1) is 0 Å². The highest BCUT2D eigenvalue weighted by Crippen LogP contribution is 2.37. The van der Waals surface area contributed by atoms with E-state index in [9.17, 15) is 4.79 Å². The van der Waals surface area contributed by atoms with Gasteiger partial charge in [-0.25, -0.2) is 0 Å². The van der Waals surface area contributed by atoms with Crippen LogP contribution in [0.15, 0.2) is 24.3 Å². The lowest BCUT2D eigenvalue weighted by atomic mass is 9.76. The van der Waals surface area contributed by atoms with E-state index in [0.717, 1.165) is 31.7 Å². The van der Waals surface area contributed by atoms with Gasteiger partial charge in [0.1, 0.15) is 5.75 Å². The van der Waals surface area contributed by atoms with Crippen molar-refractivity contribution < 1.29 is 9.53 Å². The Morgan fingerprint density at radius 2 is 2.05 bits per heavy atom. The molecule has 0 heterocycles. The van der Waals surface area contributed by atoms with Crippen LogP contribution in [0.2, 0.25) is 0 Å². The fraction of sp³-hybridized carbons (Fsp3) is 0.588. The molecule has 1 N–H and O–H groups in total. The third-order valence-electron chi connectivity index (χ3n) is 4.36. The normalized spacial score (nSPS) is 20.7. The summed E-state index contributed by atoms with van der Waals surface area (Å²) in [5, 5.41) is 3.37. The molecule has 1 aliphatic rings. The topological polar surface area (TPSA) is 41.6 Å². The van der Waals surface area contributed by atoms with Crippen molar-refractivity contribution >= 4 is 5.91 Å². The van der Waals surface area contributed by atoms with Crippen LogP contribution in [0.3, 0.4) is 0 Å². The number of amides is 1. The maximum Gasteiger partial charge on any atom is 0.236 e. The van der Waals surface area contributed by atoms with Crippen molar-refractivity contribution in [3.63, 3.8) is 0 Å². The molecule has 1 saturated carbocycles. The number of nitrogens with one attached hydrogen (secondary N) is 1. The van der Waals surface area contributed by atoms with E-state index in [-0.39, 0.29) is 5.91 Å². The van der Waals surface area contributed by atoms with Gasteiger partial charge in [0.25, 0.3) is 0 Å². The number of rotatable bonds is 7. The molecular formula is C17H26N2O2. The molecule has 4 heteroatoms. The van der Waals surface area contributed by atoms with Crippen molar-refractivity contribution in [3.8, 4) is 5.75 Å². The fourth-order valence-electron chi connectivity index (χ4n) is 2.87. The highest BCUT2D eigenvalue weighted by atomic mass is 16.5. The molecule has 0 saturated heterocycles. The summed E-state index contributed by atoms with van der Waals surface area (Å²) in [6.45, 7) is 6.06. The van der Waals surface area contributed by atoms with Crippen LogP contribution in [0.4, 0.5) is 0 Å². The van der Waals surface area contributed by atoms with Gasteiger partial charge in [0.2, 0.25) is 5.91 Å². The zero-order valence-electron chi connectivity index (χ0n) is 13.3. The number of carbonyl (C=O) groups is 1. The number of likely N-dealkylation sites (N-methyl/N-ethyl adjacent to an activating group) is 1. The van der Waals surface area contributed by atoms with Crippen LogP contribution >= 0.6 is 0 Å². The third kappa shape index (κ3) is 3.97. The first-order chi connectivity index (χ1) is 10.2. The molecule has 0 radical (unpaired) electrons. The van der Waals surface area contributed by atoms with Crippen molar-refractivity contribution in [1.82, 2.24) is 10.2 Å². The maximum atomic E-state index is 11.9. The molecule has 1 fully saturated rings. The van der Waals surface area contributed by atoms with Gasteiger partial charge in [-0.3, -0.25) is 4.79 Å². The van der Waals surface area contributed by atoms with Crippen LogP contribution < -0.4 is 10.1 Å². The lowest BCUT2D eigenvalue weighted by Gasteiger charge is -2.36. The van der Waals surface area contributed by atoms with Crippen molar-refractivity contribution in [2.24, 2.45) is 0 Å². The number of hydrogen-bond donors (Lipinski definition) is 1. The number of methoxy groups -OCH3 is 1. The molecule has 0 bridgehead atoms. The summed E-state index contributed by atoms with van der Waals surface area (Å²) in [7, 11) is 1.70. The molecule has 0 aromatic heterocycles. The van der Waals surface area contributed by atoms with E-state index in [4.69, 9.17) is 4.74 Å². The molecule has 1 aliphatic carbocycles. The lowest BCUT2D eigenvalue weighted by Crippen LogP contribution is -2.46. The van der Waals surface area contributed by atoms with Gasteiger partial charge in [-0.15, -0.1) is 0 Å². The number of ether oxygens (including phenoxy) is 1. The molecule has 116 valence electrons. The van der Waals surface area contributed by atoms with E-state index in [0.29, 0.717) is 18.5 Å². The van der Waals surface area contributed by atoms with Crippen molar-refractivity contribution in [2.45, 2.75) is 38.6 Å². The van der Waals surface area contributed by atoms with Crippen LogP contribution in [-0.4, -0.2) is 43.6 Å². The molecule has 2 rings (SSSR count). The molecular weight excluding hydrogens is 264 g/mol. The van der Waals surface area contributed by atoms with E-state index < -0.39 is 0 Å². The minimum absolute atomic E-state index is 0.199. The predicted octanol–water partition coefficient (Wildman–Crippen LogP) is 2.40. The van der Waals surface area contributed by atoms with Gasteiger partial charge >= 0.3 is 0 Å². The van der Waals surface area contributed by atoms with Crippen LogP contribution in [0.25, 0.3) is 0 Å². The Morgan fingerprint density at radius 3 is 2.67 bits per heavy atom. The van der Waals surface area contributed by atoms with E-state index >= 15 is 0 Å². The van der Waals surface area contributed by atoms with Crippen LogP contribution in [-0.2, 0) is 4.79 Å². The highest BCUT2D eigenvalue weighted by Gasteiger charge is 2.30. The first kappa shape index (κ1) is 15.8. The molecule has 4 nitrogen and oxygen atoms in total. The first-order valence-electron chi connectivity index (χ1n) is 7.83. The number of nitrogens with zero attached hydrogens (tertiary/aromatic N) is 1. The zero-order valence-corrected chi connectivity index (χ0v) is 13.3. The average molecular weight is 290 g/mol. The van der Waals surface area contributed by atoms with Gasteiger partial charge in [-0.05, 0) is 50.3 Å². The van der Waals surface area contributed by atoms with Gasteiger partial charge < -0.3 is 15.0 Å². The van der Waals surface area contributed by atoms with Crippen molar-refractivity contribution in [1.29, 1.82) is 0 Å². The number of benzene rings is 1. The Morgan fingerprint density at radius 1 is 1.33 bits per heavy atom. The highest BCUT2D eigenvalue weighted by molar-refractivity contribution is 5.78. The van der Waals surface area contributed by atoms with E-state index in [1.54, 1.807) is 7.11 Å². The second-order valence-electron chi connectivity index (χ2n) is 5.59. The predicted molar refractivity (Wildman–Crippen MR) is 84.7 cm³/mol.